The van der Waals surface area contributed by atoms with Gasteiger partial charge in [-0.2, -0.15) is 0 Å². The van der Waals surface area contributed by atoms with Crippen molar-refractivity contribution >= 4 is 0 Å². The SMILES string of the molecule is Cc1ccccc1-c1ccc(-c2ccc(-c3ccccc3C)c(C)c2)cc1C. The van der Waals surface area contributed by atoms with E-state index in [1.807, 2.05) is 0 Å². The highest BCUT2D eigenvalue weighted by Crippen LogP contribution is 2.33. The van der Waals surface area contributed by atoms with Gasteiger partial charge in [-0.25, -0.2) is 0 Å². The first-order chi connectivity index (χ1) is 13.5. The van der Waals surface area contributed by atoms with Crippen LogP contribution in [0.25, 0.3) is 33.4 Å². The summed E-state index contributed by atoms with van der Waals surface area (Å²) in [6.07, 6.45) is 0. The molecule has 0 radical (unpaired) electrons. The third-order valence-corrected chi connectivity index (χ3v) is 5.66. The van der Waals surface area contributed by atoms with Crippen LogP contribution in [0.1, 0.15) is 22.3 Å². The van der Waals surface area contributed by atoms with Crippen LogP contribution in [-0.4, -0.2) is 0 Å². The molecule has 0 N–H and O–H groups in total. The van der Waals surface area contributed by atoms with Crippen molar-refractivity contribution in [1.29, 1.82) is 0 Å². The Morgan fingerprint density at radius 1 is 0.357 bits per heavy atom. The molecule has 0 amide bonds. The van der Waals surface area contributed by atoms with Crippen molar-refractivity contribution in [3.63, 3.8) is 0 Å². The van der Waals surface area contributed by atoms with E-state index in [0.717, 1.165) is 0 Å². The predicted octanol–water partition coefficient (Wildman–Crippen LogP) is 7.92. The van der Waals surface area contributed by atoms with Crippen molar-refractivity contribution in [3.05, 3.63) is 107 Å². The Hall–Kier alpha value is -3.12. The third kappa shape index (κ3) is 3.39. The molecule has 0 aliphatic heterocycles. The topological polar surface area (TPSA) is 0 Å². The summed E-state index contributed by atoms with van der Waals surface area (Å²) in [5, 5.41) is 0. The van der Waals surface area contributed by atoms with Crippen molar-refractivity contribution in [2.75, 3.05) is 0 Å². The summed E-state index contributed by atoms with van der Waals surface area (Å²) >= 11 is 0. The minimum Gasteiger partial charge on any atom is -0.0620 e. The van der Waals surface area contributed by atoms with E-state index in [-0.39, 0.29) is 0 Å². The normalized spacial score (nSPS) is 10.9. The van der Waals surface area contributed by atoms with Crippen LogP contribution in [0.2, 0.25) is 0 Å². The lowest BCUT2D eigenvalue weighted by molar-refractivity contribution is 1.39. The quantitative estimate of drug-likeness (QED) is 0.347. The lowest BCUT2D eigenvalue weighted by Crippen LogP contribution is -1.90. The van der Waals surface area contributed by atoms with Crippen LogP contribution < -0.4 is 0 Å². The van der Waals surface area contributed by atoms with Crippen LogP contribution in [0.5, 0.6) is 0 Å². The molecule has 0 saturated heterocycles. The summed E-state index contributed by atoms with van der Waals surface area (Å²) in [4.78, 5) is 0. The molecule has 0 saturated carbocycles. The Balaban J connectivity index is 1.72. The Morgan fingerprint density at radius 3 is 1.07 bits per heavy atom. The van der Waals surface area contributed by atoms with Gasteiger partial charge in [0.25, 0.3) is 0 Å². The average molecular weight is 363 g/mol. The molecular weight excluding hydrogens is 336 g/mol. The maximum Gasteiger partial charge on any atom is -0.0152 e. The van der Waals surface area contributed by atoms with Gasteiger partial charge in [0.05, 0.1) is 0 Å². The van der Waals surface area contributed by atoms with E-state index < -0.39 is 0 Å². The van der Waals surface area contributed by atoms with E-state index in [4.69, 9.17) is 0 Å². The zero-order valence-electron chi connectivity index (χ0n) is 17.1. The van der Waals surface area contributed by atoms with E-state index in [2.05, 4.69) is 113 Å². The van der Waals surface area contributed by atoms with Crippen LogP contribution in [0.15, 0.2) is 84.9 Å². The molecular formula is C28H26. The third-order valence-electron chi connectivity index (χ3n) is 5.66. The predicted molar refractivity (Wildman–Crippen MR) is 122 cm³/mol. The van der Waals surface area contributed by atoms with Gasteiger partial charge in [0.2, 0.25) is 0 Å². The highest BCUT2D eigenvalue weighted by Gasteiger charge is 2.09. The number of aryl methyl sites for hydroxylation is 4. The Labute approximate surface area is 168 Å². The number of hydrogen-bond donors (Lipinski definition) is 0. The fourth-order valence-corrected chi connectivity index (χ4v) is 4.04. The van der Waals surface area contributed by atoms with Gasteiger partial charge in [-0.15, -0.1) is 0 Å². The van der Waals surface area contributed by atoms with Crippen molar-refractivity contribution in [3.8, 4) is 33.4 Å². The van der Waals surface area contributed by atoms with E-state index >= 15 is 0 Å². The van der Waals surface area contributed by atoms with Gasteiger partial charge < -0.3 is 0 Å². The van der Waals surface area contributed by atoms with Crippen molar-refractivity contribution in [2.45, 2.75) is 27.7 Å². The Kier molecular flexibility index (Phi) is 4.88. The van der Waals surface area contributed by atoms with E-state index in [9.17, 15) is 0 Å². The van der Waals surface area contributed by atoms with Gasteiger partial charge in [-0.1, -0.05) is 84.9 Å². The molecule has 0 atom stereocenters. The second kappa shape index (κ2) is 7.48. The summed E-state index contributed by atoms with van der Waals surface area (Å²) in [5.41, 5.74) is 13.1. The van der Waals surface area contributed by atoms with Crippen LogP contribution in [0.4, 0.5) is 0 Å². The zero-order valence-corrected chi connectivity index (χ0v) is 17.1. The summed E-state index contributed by atoms with van der Waals surface area (Å²) in [7, 11) is 0. The smallest absolute Gasteiger partial charge is 0.0152 e. The summed E-state index contributed by atoms with van der Waals surface area (Å²) in [6, 6.07) is 30.8. The zero-order chi connectivity index (χ0) is 19.7. The molecule has 0 aromatic heterocycles. The second-order valence-corrected chi connectivity index (χ2v) is 7.69. The lowest BCUT2D eigenvalue weighted by atomic mass is 9.91. The van der Waals surface area contributed by atoms with Gasteiger partial charge in [-0.05, 0) is 83.3 Å². The standard InChI is InChI=1S/C28H26/c1-19-9-5-7-11-25(19)27-15-13-23(17-21(27)3)24-14-16-28(22(4)18-24)26-12-8-6-10-20(26)2/h5-18H,1-4H3. The maximum absolute atomic E-state index is 2.31. The van der Waals surface area contributed by atoms with Crippen LogP contribution >= 0.6 is 0 Å². The molecule has 0 heteroatoms. The summed E-state index contributed by atoms with van der Waals surface area (Å²) in [6.45, 7) is 8.77. The Morgan fingerprint density at radius 2 is 0.714 bits per heavy atom. The largest absolute Gasteiger partial charge is 0.0620 e. The lowest BCUT2D eigenvalue weighted by Gasteiger charge is -2.14. The van der Waals surface area contributed by atoms with Crippen LogP contribution in [-0.2, 0) is 0 Å². The summed E-state index contributed by atoms with van der Waals surface area (Å²) in [5.74, 6) is 0. The molecule has 0 heterocycles. The van der Waals surface area contributed by atoms with Crippen molar-refractivity contribution in [1.82, 2.24) is 0 Å². The second-order valence-electron chi connectivity index (χ2n) is 7.69. The van der Waals surface area contributed by atoms with Gasteiger partial charge in [0.1, 0.15) is 0 Å². The minimum atomic E-state index is 1.27. The van der Waals surface area contributed by atoms with E-state index in [1.54, 1.807) is 0 Å². The van der Waals surface area contributed by atoms with Gasteiger partial charge in [-0.3, -0.25) is 0 Å². The molecule has 0 aliphatic carbocycles. The molecule has 28 heavy (non-hydrogen) atoms. The van der Waals surface area contributed by atoms with Gasteiger partial charge >= 0.3 is 0 Å². The molecule has 4 aromatic carbocycles. The molecule has 0 fully saturated rings. The molecule has 0 aliphatic rings. The highest BCUT2D eigenvalue weighted by molar-refractivity contribution is 5.78. The fraction of sp³-hybridized carbons (Fsp3) is 0.143. The van der Waals surface area contributed by atoms with E-state index in [0.29, 0.717) is 0 Å². The minimum absolute atomic E-state index is 1.27. The van der Waals surface area contributed by atoms with Crippen LogP contribution in [0, 0.1) is 27.7 Å². The molecule has 4 aromatic rings. The summed E-state index contributed by atoms with van der Waals surface area (Å²) < 4.78 is 0. The molecule has 0 nitrogen and oxygen atoms in total. The average Bonchev–Trinajstić information content (AvgIpc) is 2.69. The van der Waals surface area contributed by atoms with E-state index in [1.165, 1.54) is 55.6 Å². The first-order valence-electron chi connectivity index (χ1n) is 9.88. The first-order valence-corrected chi connectivity index (χ1v) is 9.88. The van der Waals surface area contributed by atoms with Gasteiger partial charge in [0, 0.05) is 0 Å². The van der Waals surface area contributed by atoms with Crippen molar-refractivity contribution < 1.29 is 0 Å². The molecule has 0 bridgehead atoms. The number of benzene rings is 4. The first kappa shape index (κ1) is 18.3. The molecule has 4 rings (SSSR count). The van der Waals surface area contributed by atoms with Crippen LogP contribution in [0.3, 0.4) is 0 Å². The maximum atomic E-state index is 2.31. The molecule has 0 unspecified atom stereocenters. The monoisotopic (exact) mass is 362 g/mol. The molecule has 138 valence electrons. The number of hydrogen-bond acceptors (Lipinski definition) is 0. The van der Waals surface area contributed by atoms with Gasteiger partial charge in [0.15, 0.2) is 0 Å². The number of rotatable bonds is 3. The molecule has 0 spiro atoms. The highest BCUT2D eigenvalue weighted by atomic mass is 14.1. The fourth-order valence-electron chi connectivity index (χ4n) is 4.04. The van der Waals surface area contributed by atoms with Crippen molar-refractivity contribution in [2.24, 2.45) is 0 Å². The Bertz CT molecular complexity index is 1060.